The van der Waals surface area contributed by atoms with Crippen molar-refractivity contribution in [3.05, 3.63) is 28.2 Å². The summed E-state index contributed by atoms with van der Waals surface area (Å²) in [5, 5.41) is 2.62. The van der Waals surface area contributed by atoms with Crippen LogP contribution in [0.2, 0.25) is 0 Å². The Balaban J connectivity index is 2.44. The van der Waals surface area contributed by atoms with E-state index in [9.17, 15) is 9.59 Å². The van der Waals surface area contributed by atoms with Crippen molar-refractivity contribution in [3.8, 4) is 0 Å². The lowest BCUT2D eigenvalue weighted by Crippen LogP contribution is -2.58. The Bertz CT molecular complexity index is 482. The summed E-state index contributed by atoms with van der Waals surface area (Å²) in [5.41, 5.74) is 1.82. The summed E-state index contributed by atoms with van der Waals surface area (Å²) in [5.74, 6) is -0.159. The smallest absolute Gasteiger partial charge is 0.247 e. The first-order valence-electron chi connectivity index (χ1n) is 5.90. The SMILES string of the molecule is CCC1C(=O)NCC(=O)N1c1cc(C)cc(Br)c1. The number of carbonyl (C=O) groups excluding carboxylic acids is 2. The van der Waals surface area contributed by atoms with E-state index in [1.165, 1.54) is 0 Å². The van der Waals surface area contributed by atoms with E-state index in [0.29, 0.717) is 6.42 Å². The van der Waals surface area contributed by atoms with Crippen LogP contribution < -0.4 is 10.2 Å². The molecule has 1 aliphatic heterocycles. The second-order valence-corrected chi connectivity index (χ2v) is 5.31. The van der Waals surface area contributed by atoms with E-state index in [4.69, 9.17) is 0 Å². The van der Waals surface area contributed by atoms with E-state index in [-0.39, 0.29) is 18.4 Å². The molecule has 0 bridgehead atoms. The van der Waals surface area contributed by atoms with E-state index in [1.54, 1.807) is 4.90 Å². The fourth-order valence-electron chi connectivity index (χ4n) is 2.20. The van der Waals surface area contributed by atoms with Crippen molar-refractivity contribution in [1.82, 2.24) is 5.32 Å². The van der Waals surface area contributed by atoms with Crippen molar-refractivity contribution in [2.24, 2.45) is 0 Å². The topological polar surface area (TPSA) is 49.4 Å². The van der Waals surface area contributed by atoms with Crippen LogP contribution in [-0.4, -0.2) is 24.4 Å². The zero-order valence-electron chi connectivity index (χ0n) is 10.4. The Morgan fingerprint density at radius 3 is 2.72 bits per heavy atom. The molecule has 1 aromatic rings. The third-order valence-electron chi connectivity index (χ3n) is 2.99. The quantitative estimate of drug-likeness (QED) is 0.908. The number of hydrogen-bond acceptors (Lipinski definition) is 2. The van der Waals surface area contributed by atoms with Gasteiger partial charge in [0.1, 0.15) is 6.04 Å². The Morgan fingerprint density at radius 1 is 1.39 bits per heavy atom. The molecule has 1 saturated heterocycles. The molecular formula is C13H15BrN2O2. The molecule has 0 spiro atoms. The lowest BCUT2D eigenvalue weighted by Gasteiger charge is -2.34. The van der Waals surface area contributed by atoms with Crippen LogP contribution in [-0.2, 0) is 9.59 Å². The van der Waals surface area contributed by atoms with Crippen molar-refractivity contribution in [3.63, 3.8) is 0 Å². The number of aryl methyl sites for hydroxylation is 1. The molecule has 1 unspecified atom stereocenters. The van der Waals surface area contributed by atoms with Crippen molar-refractivity contribution in [2.45, 2.75) is 26.3 Å². The molecular weight excluding hydrogens is 296 g/mol. The normalized spacial score (nSPS) is 19.9. The van der Waals surface area contributed by atoms with Crippen LogP contribution in [0.15, 0.2) is 22.7 Å². The standard InChI is InChI=1S/C13H15BrN2O2/c1-3-11-13(18)15-7-12(17)16(11)10-5-8(2)4-9(14)6-10/h4-6,11H,3,7H2,1-2H3,(H,15,18). The fourth-order valence-corrected chi connectivity index (χ4v) is 2.80. The molecule has 4 nitrogen and oxygen atoms in total. The van der Waals surface area contributed by atoms with Gasteiger partial charge in [-0.15, -0.1) is 0 Å². The average molecular weight is 311 g/mol. The molecule has 0 radical (unpaired) electrons. The van der Waals surface area contributed by atoms with Gasteiger partial charge in [0.05, 0.1) is 6.54 Å². The van der Waals surface area contributed by atoms with E-state index >= 15 is 0 Å². The van der Waals surface area contributed by atoms with Crippen LogP contribution in [0.3, 0.4) is 0 Å². The maximum atomic E-state index is 12.0. The number of halogens is 1. The molecule has 1 atom stereocenters. The van der Waals surface area contributed by atoms with Gasteiger partial charge < -0.3 is 5.32 Å². The predicted molar refractivity (Wildman–Crippen MR) is 73.5 cm³/mol. The summed E-state index contributed by atoms with van der Waals surface area (Å²) in [6, 6.07) is 5.34. The second kappa shape index (κ2) is 5.10. The number of nitrogens with one attached hydrogen (secondary N) is 1. The van der Waals surface area contributed by atoms with E-state index in [2.05, 4.69) is 21.2 Å². The van der Waals surface area contributed by atoms with Crippen LogP contribution in [0.1, 0.15) is 18.9 Å². The number of nitrogens with zero attached hydrogens (tertiary/aromatic N) is 1. The van der Waals surface area contributed by atoms with E-state index in [1.807, 2.05) is 32.0 Å². The molecule has 2 rings (SSSR count). The zero-order valence-corrected chi connectivity index (χ0v) is 12.0. The molecule has 1 fully saturated rings. The van der Waals surface area contributed by atoms with Gasteiger partial charge in [-0.25, -0.2) is 0 Å². The van der Waals surface area contributed by atoms with Gasteiger partial charge in [0.2, 0.25) is 11.8 Å². The molecule has 0 aliphatic carbocycles. The van der Waals surface area contributed by atoms with Crippen LogP contribution in [0.4, 0.5) is 5.69 Å². The van der Waals surface area contributed by atoms with Crippen LogP contribution >= 0.6 is 15.9 Å². The first kappa shape index (κ1) is 13.1. The van der Waals surface area contributed by atoms with Gasteiger partial charge in [0, 0.05) is 10.2 Å². The van der Waals surface area contributed by atoms with Crippen LogP contribution in [0.5, 0.6) is 0 Å². The maximum absolute atomic E-state index is 12.0. The molecule has 1 N–H and O–H groups in total. The highest BCUT2D eigenvalue weighted by Gasteiger charge is 2.34. The maximum Gasteiger partial charge on any atom is 0.247 e. The van der Waals surface area contributed by atoms with Crippen molar-refractivity contribution >= 4 is 33.4 Å². The van der Waals surface area contributed by atoms with E-state index < -0.39 is 6.04 Å². The van der Waals surface area contributed by atoms with Gasteiger partial charge in [-0.1, -0.05) is 22.9 Å². The Labute approximate surface area is 114 Å². The zero-order chi connectivity index (χ0) is 13.3. The summed E-state index contributed by atoms with van der Waals surface area (Å²) in [4.78, 5) is 25.4. The fraction of sp³-hybridized carbons (Fsp3) is 0.385. The van der Waals surface area contributed by atoms with Crippen molar-refractivity contribution < 1.29 is 9.59 Å². The van der Waals surface area contributed by atoms with Gasteiger partial charge in [0.15, 0.2) is 0 Å². The minimum absolute atomic E-state index is 0.0703. The summed E-state index contributed by atoms with van der Waals surface area (Å²) in [6.07, 6.45) is 0.600. The van der Waals surface area contributed by atoms with E-state index in [0.717, 1.165) is 15.7 Å². The Kier molecular flexibility index (Phi) is 3.71. The second-order valence-electron chi connectivity index (χ2n) is 4.39. The first-order chi connectivity index (χ1) is 8.52. The lowest BCUT2D eigenvalue weighted by atomic mass is 10.1. The molecule has 5 heteroatoms. The average Bonchev–Trinajstić information content (AvgIpc) is 2.30. The Morgan fingerprint density at radius 2 is 2.11 bits per heavy atom. The van der Waals surface area contributed by atoms with Gasteiger partial charge in [0.25, 0.3) is 0 Å². The first-order valence-corrected chi connectivity index (χ1v) is 6.69. The molecule has 0 saturated carbocycles. The number of benzene rings is 1. The molecule has 96 valence electrons. The third kappa shape index (κ3) is 2.41. The highest BCUT2D eigenvalue weighted by atomic mass is 79.9. The highest BCUT2D eigenvalue weighted by Crippen LogP contribution is 2.26. The molecule has 1 aromatic carbocycles. The summed E-state index contributed by atoms with van der Waals surface area (Å²) >= 11 is 3.42. The van der Waals surface area contributed by atoms with Crippen molar-refractivity contribution in [1.29, 1.82) is 0 Å². The molecule has 1 aliphatic rings. The van der Waals surface area contributed by atoms with Crippen LogP contribution in [0.25, 0.3) is 0 Å². The van der Waals surface area contributed by atoms with Gasteiger partial charge in [-0.3, -0.25) is 14.5 Å². The summed E-state index contributed by atoms with van der Waals surface area (Å²) < 4.78 is 0.908. The monoisotopic (exact) mass is 310 g/mol. The van der Waals surface area contributed by atoms with Crippen molar-refractivity contribution in [2.75, 3.05) is 11.4 Å². The molecule has 0 aromatic heterocycles. The molecule has 18 heavy (non-hydrogen) atoms. The van der Waals surface area contributed by atoms with Crippen LogP contribution in [0, 0.1) is 6.92 Å². The van der Waals surface area contributed by atoms with Gasteiger partial charge in [-0.05, 0) is 37.1 Å². The number of anilines is 1. The lowest BCUT2D eigenvalue weighted by molar-refractivity contribution is -0.131. The molecule has 1 heterocycles. The number of piperazine rings is 1. The minimum Gasteiger partial charge on any atom is -0.345 e. The van der Waals surface area contributed by atoms with Gasteiger partial charge in [-0.2, -0.15) is 0 Å². The molecule has 2 amide bonds. The minimum atomic E-state index is -0.417. The van der Waals surface area contributed by atoms with Gasteiger partial charge >= 0.3 is 0 Å². The summed E-state index contributed by atoms with van der Waals surface area (Å²) in [6.45, 7) is 3.94. The number of rotatable bonds is 2. The predicted octanol–water partition coefficient (Wildman–Crippen LogP) is 2.00. The highest BCUT2D eigenvalue weighted by molar-refractivity contribution is 9.10. The summed E-state index contributed by atoms with van der Waals surface area (Å²) in [7, 11) is 0. The Hall–Kier alpha value is -1.36. The third-order valence-corrected chi connectivity index (χ3v) is 3.45. The number of amides is 2. The largest absolute Gasteiger partial charge is 0.345 e. The number of carbonyl (C=O) groups is 2. The number of hydrogen-bond donors (Lipinski definition) is 1.